The van der Waals surface area contributed by atoms with Gasteiger partial charge in [-0.05, 0) is 144 Å². The average molecular weight is 655 g/mol. The minimum absolute atomic E-state index is 1.23. The van der Waals surface area contributed by atoms with Crippen LogP contribution in [0.1, 0.15) is 0 Å². The van der Waals surface area contributed by atoms with Gasteiger partial charge in [-0.25, -0.2) is 0 Å². The van der Waals surface area contributed by atoms with Gasteiger partial charge < -0.3 is 0 Å². The van der Waals surface area contributed by atoms with E-state index in [9.17, 15) is 0 Å². The highest BCUT2D eigenvalue weighted by molar-refractivity contribution is 6.46. The summed E-state index contributed by atoms with van der Waals surface area (Å²) in [5.74, 6) is 0. The molecule has 12 aromatic rings. The molecule has 0 atom stereocenters. The van der Waals surface area contributed by atoms with Crippen molar-refractivity contribution in [1.82, 2.24) is 0 Å². The van der Waals surface area contributed by atoms with Crippen molar-refractivity contribution >= 4 is 86.2 Å². The number of hydrogen-bond donors (Lipinski definition) is 0. The minimum atomic E-state index is 1.23. The molecular weight excluding hydrogens is 625 g/mol. The zero-order valence-electron chi connectivity index (χ0n) is 28.3. The molecular formula is C52H30. The molecule has 0 spiro atoms. The summed E-state index contributed by atoms with van der Waals surface area (Å²) in [5.41, 5.74) is 7.60. The van der Waals surface area contributed by atoms with E-state index >= 15 is 0 Å². The largest absolute Gasteiger partial charge is 0.0622 e. The van der Waals surface area contributed by atoms with E-state index in [-0.39, 0.29) is 0 Å². The van der Waals surface area contributed by atoms with E-state index in [1.165, 1.54) is 120 Å². The van der Waals surface area contributed by atoms with E-state index in [0.29, 0.717) is 0 Å². The van der Waals surface area contributed by atoms with Crippen molar-refractivity contribution in [2.24, 2.45) is 0 Å². The number of fused-ring (bicyclic) bond motifs is 10. The molecule has 0 bridgehead atoms. The van der Waals surface area contributed by atoms with Gasteiger partial charge in [0, 0.05) is 0 Å². The lowest BCUT2D eigenvalue weighted by molar-refractivity contribution is 1.66. The van der Waals surface area contributed by atoms with Crippen molar-refractivity contribution in [1.29, 1.82) is 0 Å². The quantitative estimate of drug-likeness (QED) is 0.166. The number of hydrogen-bond acceptors (Lipinski definition) is 0. The van der Waals surface area contributed by atoms with Crippen molar-refractivity contribution in [3.63, 3.8) is 0 Å². The summed E-state index contributed by atoms with van der Waals surface area (Å²) >= 11 is 0. The molecule has 0 aliphatic carbocycles. The Morgan fingerprint density at radius 1 is 0.192 bits per heavy atom. The van der Waals surface area contributed by atoms with Crippen LogP contribution in [0.3, 0.4) is 0 Å². The SMILES string of the molecule is c1ccc(-c2cc3c4ccccc4c4cc5c(-c6ccccc6)c6c7cccc8c9ccccc9cc(c6c(-c6ccccc6)c5c(c2)c34)c87)cc1. The molecule has 52 heavy (non-hydrogen) atoms. The number of benzene rings is 10. The van der Waals surface area contributed by atoms with Gasteiger partial charge >= 0.3 is 0 Å². The highest BCUT2D eigenvalue weighted by atomic mass is 14.3. The third-order valence-corrected chi connectivity index (χ3v) is 11.7. The van der Waals surface area contributed by atoms with Crippen LogP contribution in [0.4, 0.5) is 0 Å². The zero-order valence-corrected chi connectivity index (χ0v) is 28.3. The highest BCUT2D eigenvalue weighted by Crippen LogP contribution is 2.55. The summed E-state index contributed by atoms with van der Waals surface area (Å²) in [7, 11) is 0. The molecule has 0 aliphatic rings. The van der Waals surface area contributed by atoms with E-state index < -0.39 is 0 Å². The van der Waals surface area contributed by atoms with Crippen LogP contribution in [0.25, 0.3) is 120 Å². The van der Waals surface area contributed by atoms with Gasteiger partial charge in [-0.15, -0.1) is 0 Å². The molecule has 12 rings (SSSR count). The predicted octanol–water partition coefficient (Wildman–Crippen LogP) is 14.8. The molecule has 0 saturated heterocycles. The van der Waals surface area contributed by atoms with Crippen LogP contribution in [-0.2, 0) is 0 Å². The highest BCUT2D eigenvalue weighted by Gasteiger charge is 2.27. The van der Waals surface area contributed by atoms with Crippen molar-refractivity contribution in [3.8, 4) is 33.4 Å². The molecule has 0 radical (unpaired) electrons. The van der Waals surface area contributed by atoms with Gasteiger partial charge in [0.15, 0.2) is 0 Å². The standard InChI is InChI=1S/C52H30/c1-4-15-31(16-5-1)35-28-41-37-23-12-13-24-38(37)42-30-45-46(32-17-6-2-7-18-32)51-40-26-14-25-39-36-22-11-10-21-34(36)27-44(48(39)40)52(51)47(33-19-8-3-9-20-33)50(45)43(29-35)49(41)42/h1-30H. The van der Waals surface area contributed by atoms with Crippen LogP contribution < -0.4 is 0 Å². The predicted molar refractivity (Wildman–Crippen MR) is 225 cm³/mol. The third kappa shape index (κ3) is 3.66. The Hall–Kier alpha value is -6.76. The second-order valence-electron chi connectivity index (χ2n) is 14.3. The van der Waals surface area contributed by atoms with Crippen molar-refractivity contribution in [3.05, 3.63) is 182 Å². The molecule has 0 amide bonds. The van der Waals surface area contributed by atoms with E-state index in [1.54, 1.807) is 0 Å². The monoisotopic (exact) mass is 654 g/mol. The van der Waals surface area contributed by atoms with E-state index in [2.05, 4.69) is 182 Å². The zero-order chi connectivity index (χ0) is 33.9. The smallest absolute Gasteiger partial charge is 0.000697 e. The molecule has 0 N–H and O–H groups in total. The number of rotatable bonds is 3. The molecule has 0 unspecified atom stereocenters. The molecule has 0 fully saturated rings. The average Bonchev–Trinajstić information content (AvgIpc) is 3.71. The Kier molecular flexibility index (Phi) is 5.59. The minimum Gasteiger partial charge on any atom is -0.0622 e. The van der Waals surface area contributed by atoms with Gasteiger partial charge in [-0.3, -0.25) is 0 Å². The van der Waals surface area contributed by atoms with Crippen LogP contribution in [0.5, 0.6) is 0 Å². The first-order valence-corrected chi connectivity index (χ1v) is 18.2. The van der Waals surface area contributed by atoms with Gasteiger partial charge in [0.05, 0.1) is 0 Å². The maximum atomic E-state index is 2.53. The summed E-state index contributed by atoms with van der Waals surface area (Å²) in [6, 6.07) is 67.9. The van der Waals surface area contributed by atoms with Gasteiger partial charge in [0.25, 0.3) is 0 Å². The molecule has 238 valence electrons. The first-order chi connectivity index (χ1) is 25.8. The van der Waals surface area contributed by atoms with Crippen molar-refractivity contribution in [2.45, 2.75) is 0 Å². The molecule has 0 aliphatic heterocycles. The molecule has 0 nitrogen and oxygen atoms in total. The topological polar surface area (TPSA) is 0 Å². The molecule has 0 heteroatoms. The van der Waals surface area contributed by atoms with Crippen molar-refractivity contribution in [2.75, 3.05) is 0 Å². The fourth-order valence-corrected chi connectivity index (χ4v) is 9.62. The second kappa shape index (κ2) is 10.4. The Morgan fingerprint density at radius 3 is 1.38 bits per heavy atom. The Labute approximate surface area is 300 Å². The maximum Gasteiger partial charge on any atom is -0.000697 e. The summed E-state index contributed by atoms with van der Waals surface area (Å²) in [4.78, 5) is 0. The molecule has 0 saturated carbocycles. The van der Waals surface area contributed by atoms with Gasteiger partial charge in [0.2, 0.25) is 0 Å². The lowest BCUT2D eigenvalue weighted by Gasteiger charge is -2.19. The fraction of sp³-hybridized carbons (Fsp3) is 0. The van der Waals surface area contributed by atoms with Gasteiger partial charge in [-0.2, -0.15) is 0 Å². The lowest BCUT2D eigenvalue weighted by atomic mass is 9.83. The van der Waals surface area contributed by atoms with Gasteiger partial charge in [0.1, 0.15) is 0 Å². The summed E-state index contributed by atoms with van der Waals surface area (Å²) in [5, 5.41) is 21.1. The van der Waals surface area contributed by atoms with Crippen molar-refractivity contribution < 1.29 is 0 Å². The van der Waals surface area contributed by atoms with Crippen LogP contribution in [-0.4, -0.2) is 0 Å². The third-order valence-electron chi connectivity index (χ3n) is 11.7. The maximum absolute atomic E-state index is 2.53. The normalized spacial score (nSPS) is 12.2. The summed E-state index contributed by atoms with van der Waals surface area (Å²) < 4.78 is 0. The van der Waals surface area contributed by atoms with Crippen LogP contribution >= 0.6 is 0 Å². The molecule has 12 aromatic carbocycles. The Morgan fingerprint density at radius 2 is 0.673 bits per heavy atom. The van der Waals surface area contributed by atoms with Gasteiger partial charge in [-0.1, -0.05) is 158 Å². The fourth-order valence-electron chi connectivity index (χ4n) is 9.62. The van der Waals surface area contributed by atoms with Crippen LogP contribution in [0.15, 0.2) is 182 Å². The Balaban J connectivity index is 1.45. The second-order valence-corrected chi connectivity index (χ2v) is 14.3. The van der Waals surface area contributed by atoms with E-state index in [1.807, 2.05) is 0 Å². The Bertz CT molecular complexity index is 3360. The summed E-state index contributed by atoms with van der Waals surface area (Å²) in [6.07, 6.45) is 0. The van der Waals surface area contributed by atoms with E-state index in [4.69, 9.17) is 0 Å². The first-order valence-electron chi connectivity index (χ1n) is 18.2. The van der Waals surface area contributed by atoms with Crippen LogP contribution in [0.2, 0.25) is 0 Å². The van der Waals surface area contributed by atoms with Crippen LogP contribution in [0, 0.1) is 0 Å². The lowest BCUT2D eigenvalue weighted by Crippen LogP contribution is -1.92. The molecule has 0 aromatic heterocycles. The van der Waals surface area contributed by atoms with E-state index in [0.717, 1.165) is 0 Å². The first kappa shape index (κ1) is 28.0. The summed E-state index contributed by atoms with van der Waals surface area (Å²) in [6.45, 7) is 0. The molecule has 0 heterocycles.